The van der Waals surface area contributed by atoms with Crippen molar-refractivity contribution in [1.82, 2.24) is 9.78 Å². The Kier molecular flexibility index (Phi) is 3.09. The fraction of sp³-hybridized carbons (Fsp3) is 0.167. The number of hydrogen-bond acceptors (Lipinski definition) is 3. The minimum Gasteiger partial charge on any atom is -0.398 e. The van der Waals surface area contributed by atoms with Gasteiger partial charge in [-0.15, -0.1) is 0 Å². The first-order chi connectivity index (χ1) is 8.15. The Bertz CT molecular complexity index is 533. The second kappa shape index (κ2) is 4.69. The zero-order valence-corrected chi connectivity index (χ0v) is 9.55. The monoisotopic (exact) mass is 230 g/mol. The van der Waals surface area contributed by atoms with E-state index in [0.29, 0.717) is 11.5 Å². The average molecular weight is 230 g/mol. The average Bonchev–Trinajstić information content (AvgIpc) is 2.67. The molecule has 0 atom stereocenters. The molecule has 0 unspecified atom stereocenters. The number of nitrogens with one attached hydrogen (secondary N) is 1. The van der Waals surface area contributed by atoms with E-state index in [1.807, 2.05) is 18.2 Å². The fourth-order valence-corrected chi connectivity index (χ4v) is 1.54. The molecule has 0 fully saturated rings. The van der Waals surface area contributed by atoms with Crippen LogP contribution in [0.2, 0.25) is 0 Å². The first-order valence-corrected chi connectivity index (χ1v) is 5.28. The van der Waals surface area contributed by atoms with Crippen LogP contribution in [0, 0.1) is 0 Å². The molecule has 17 heavy (non-hydrogen) atoms. The molecule has 0 spiro atoms. The number of nitrogens with two attached hydrogens (primary N) is 1. The highest BCUT2D eigenvalue weighted by Gasteiger charge is 2.07. The van der Waals surface area contributed by atoms with Gasteiger partial charge in [0.15, 0.2) is 5.82 Å². The third-order valence-corrected chi connectivity index (χ3v) is 2.39. The van der Waals surface area contributed by atoms with Crippen molar-refractivity contribution in [1.29, 1.82) is 0 Å². The van der Waals surface area contributed by atoms with Crippen LogP contribution < -0.4 is 11.1 Å². The molecule has 1 aromatic carbocycles. The lowest BCUT2D eigenvalue weighted by Gasteiger charge is -2.04. The number of hydrogen-bond donors (Lipinski definition) is 2. The lowest BCUT2D eigenvalue weighted by molar-refractivity contribution is -0.115. The van der Waals surface area contributed by atoms with E-state index in [0.717, 1.165) is 5.56 Å². The van der Waals surface area contributed by atoms with Crippen LogP contribution in [0.5, 0.6) is 0 Å². The molecule has 2 aromatic rings. The molecule has 88 valence electrons. The van der Waals surface area contributed by atoms with Crippen LogP contribution in [0.1, 0.15) is 5.56 Å². The van der Waals surface area contributed by atoms with Crippen molar-refractivity contribution in [3.05, 3.63) is 42.1 Å². The Morgan fingerprint density at radius 1 is 1.41 bits per heavy atom. The number of para-hydroxylation sites is 1. The van der Waals surface area contributed by atoms with Crippen molar-refractivity contribution in [2.75, 3.05) is 11.1 Å². The molecule has 5 nitrogen and oxygen atoms in total. The quantitative estimate of drug-likeness (QED) is 0.778. The summed E-state index contributed by atoms with van der Waals surface area (Å²) in [6.07, 6.45) is 2.02. The van der Waals surface area contributed by atoms with Crippen LogP contribution in [0.15, 0.2) is 36.5 Å². The van der Waals surface area contributed by atoms with Gasteiger partial charge < -0.3 is 11.1 Å². The molecule has 5 heteroatoms. The number of rotatable bonds is 3. The van der Waals surface area contributed by atoms with Crippen molar-refractivity contribution in [3.8, 4) is 0 Å². The maximum atomic E-state index is 11.7. The number of benzene rings is 1. The molecule has 1 aromatic heterocycles. The smallest absolute Gasteiger partial charge is 0.230 e. The van der Waals surface area contributed by atoms with E-state index in [-0.39, 0.29) is 12.3 Å². The molecule has 0 saturated heterocycles. The second-order valence-electron chi connectivity index (χ2n) is 3.80. The fourth-order valence-electron chi connectivity index (χ4n) is 1.54. The summed E-state index contributed by atoms with van der Waals surface area (Å²) >= 11 is 0. The predicted octanol–water partition coefficient (Wildman–Crippen LogP) is 1.18. The minimum atomic E-state index is -0.124. The number of carbonyl (C=O) groups is 1. The van der Waals surface area contributed by atoms with Crippen molar-refractivity contribution < 1.29 is 4.79 Å². The number of nitrogen functional groups attached to an aromatic ring is 1. The van der Waals surface area contributed by atoms with Crippen molar-refractivity contribution in [2.24, 2.45) is 7.05 Å². The summed E-state index contributed by atoms with van der Waals surface area (Å²) in [5.74, 6) is 0.425. The number of nitrogens with zero attached hydrogens (tertiary/aromatic N) is 2. The van der Waals surface area contributed by atoms with E-state index < -0.39 is 0 Å². The van der Waals surface area contributed by atoms with Crippen LogP contribution in [-0.4, -0.2) is 15.7 Å². The summed E-state index contributed by atoms with van der Waals surface area (Å²) in [5, 5.41) is 6.78. The number of anilines is 2. The molecular formula is C12H14N4O. The third-order valence-electron chi connectivity index (χ3n) is 2.39. The van der Waals surface area contributed by atoms with Crippen LogP contribution >= 0.6 is 0 Å². The molecule has 0 aliphatic heterocycles. The molecule has 0 bridgehead atoms. The molecule has 0 saturated carbocycles. The Labute approximate surface area is 99.2 Å². The summed E-state index contributed by atoms with van der Waals surface area (Å²) < 4.78 is 1.63. The maximum absolute atomic E-state index is 11.7. The number of carbonyl (C=O) groups excluding carboxylic acids is 1. The van der Waals surface area contributed by atoms with Gasteiger partial charge in [-0.25, -0.2) is 0 Å². The number of aryl methyl sites for hydroxylation is 1. The van der Waals surface area contributed by atoms with E-state index in [2.05, 4.69) is 10.4 Å². The van der Waals surface area contributed by atoms with Crippen LogP contribution in [0.25, 0.3) is 0 Å². The van der Waals surface area contributed by atoms with Gasteiger partial charge in [-0.05, 0) is 11.6 Å². The minimum absolute atomic E-state index is 0.124. The normalized spacial score (nSPS) is 10.2. The zero-order valence-electron chi connectivity index (χ0n) is 9.55. The summed E-state index contributed by atoms with van der Waals surface area (Å²) in [6.45, 7) is 0. The van der Waals surface area contributed by atoms with Crippen molar-refractivity contribution in [2.45, 2.75) is 6.42 Å². The molecule has 1 heterocycles. The highest BCUT2D eigenvalue weighted by atomic mass is 16.1. The van der Waals surface area contributed by atoms with Gasteiger partial charge in [0.05, 0.1) is 6.42 Å². The van der Waals surface area contributed by atoms with Gasteiger partial charge >= 0.3 is 0 Å². The molecule has 2 rings (SSSR count). The Balaban J connectivity index is 2.01. The van der Waals surface area contributed by atoms with Gasteiger partial charge in [0.1, 0.15) is 0 Å². The number of aromatic nitrogens is 2. The Morgan fingerprint density at radius 2 is 2.18 bits per heavy atom. The van der Waals surface area contributed by atoms with Gasteiger partial charge in [-0.3, -0.25) is 9.48 Å². The largest absolute Gasteiger partial charge is 0.398 e. The Hall–Kier alpha value is -2.30. The van der Waals surface area contributed by atoms with E-state index >= 15 is 0 Å². The van der Waals surface area contributed by atoms with Crippen LogP contribution in [0.3, 0.4) is 0 Å². The SMILES string of the molecule is Cn1ccc(NC(=O)Cc2ccccc2N)n1. The highest BCUT2D eigenvalue weighted by Crippen LogP contribution is 2.12. The summed E-state index contributed by atoms with van der Waals surface area (Å²) in [6, 6.07) is 9.07. The van der Waals surface area contributed by atoms with Crippen molar-refractivity contribution >= 4 is 17.4 Å². The van der Waals surface area contributed by atoms with Gasteiger partial charge in [-0.2, -0.15) is 5.10 Å². The van der Waals surface area contributed by atoms with Gasteiger partial charge in [0, 0.05) is 25.0 Å². The zero-order chi connectivity index (χ0) is 12.3. The van der Waals surface area contributed by atoms with E-state index in [4.69, 9.17) is 5.73 Å². The lowest BCUT2D eigenvalue weighted by atomic mass is 10.1. The molecule has 1 amide bonds. The molecule has 0 radical (unpaired) electrons. The third kappa shape index (κ3) is 2.84. The summed E-state index contributed by atoms with van der Waals surface area (Å²) in [7, 11) is 1.80. The topological polar surface area (TPSA) is 72.9 Å². The molecule has 0 aliphatic carbocycles. The maximum Gasteiger partial charge on any atom is 0.230 e. The van der Waals surface area contributed by atoms with E-state index in [1.54, 1.807) is 30.1 Å². The second-order valence-corrected chi connectivity index (χ2v) is 3.80. The standard InChI is InChI=1S/C12H14N4O/c1-16-7-6-11(15-16)14-12(17)8-9-4-2-3-5-10(9)13/h2-7H,8,13H2,1H3,(H,14,15,17). The summed E-state index contributed by atoms with van der Waals surface area (Å²) in [5.41, 5.74) is 7.22. The van der Waals surface area contributed by atoms with E-state index in [9.17, 15) is 4.79 Å². The predicted molar refractivity (Wildman–Crippen MR) is 66.4 cm³/mol. The summed E-state index contributed by atoms with van der Waals surface area (Å²) in [4.78, 5) is 11.7. The molecule has 3 N–H and O–H groups in total. The van der Waals surface area contributed by atoms with Gasteiger partial charge in [-0.1, -0.05) is 18.2 Å². The number of amides is 1. The van der Waals surface area contributed by atoms with Crippen LogP contribution in [0.4, 0.5) is 11.5 Å². The van der Waals surface area contributed by atoms with Crippen LogP contribution in [-0.2, 0) is 18.3 Å². The van der Waals surface area contributed by atoms with Crippen molar-refractivity contribution in [3.63, 3.8) is 0 Å². The highest BCUT2D eigenvalue weighted by molar-refractivity contribution is 5.92. The van der Waals surface area contributed by atoms with Gasteiger partial charge in [0.25, 0.3) is 0 Å². The first kappa shape index (κ1) is 11.2. The molecule has 0 aliphatic rings. The lowest BCUT2D eigenvalue weighted by Crippen LogP contribution is -2.15. The van der Waals surface area contributed by atoms with E-state index in [1.165, 1.54) is 0 Å². The first-order valence-electron chi connectivity index (χ1n) is 5.28. The van der Waals surface area contributed by atoms with Gasteiger partial charge in [0.2, 0.25) is 5.91 Å². The Morgan fingerprint density at radius 3 is 2.82 bits per heavy atom. The molecular weight excluding hydrogens is 216 g/mol.